The van der Waals surface area contributed by atoms with E-state index in [9.17, 15) is 18.0 Å². The lowest BCUT2D eigenvalue weighted by Gasteiger charge is -2.03. The predicted molar refractivity (Wildman–Crippen MR) is 71.3 cm³/mol. The Morgan fingerprint density at radius 1 is 1.41 bits per heavy atom. The van der Waals surface area contributed by atoms with Crippen LogP contribution in [0.1, 0.15) is 5.69 Å². The summed E-state index contributed by atoms with van der Waals surface area (Å²) in [5.41, 5.74) is 1.12. The van der Waals surface area contributed by atoms with Gasteiger partial charge in [-0.1, -0.05) is 11.8 Å². The summed E-state index contributed by atoms with van der Waals surface area (Å²) >= 11 is 1.06. The summed E-state index contributed by atoms with van der Waals surface area (Å²) in [6, 6.07) is 0.894. The van der Waals surface area contributed by atoms with Crippen molar-refractivity contribution in [2.75, 3.05) is 5.75 Å². The number of nitrogens with zero attached hydrogens (tertiary/aromatic N) is 5. The van der Waals surface area contributed by atoms with Crippen LogP contribution in [0.25, 0.3) is 11.5 Å². The molecule has 3 N–H and O–H groups in total. The van der Waals surface area contributed by atoms with Gasteiger partial charge in [0.15, 0.2) is 16.7 Å². The van der Waals surface area contributed by atoms with Crippen LogP contribution in [0.15, 0.2) is 11.2 Å². The Morgan fingerprint density at radius 3 is 2.64 bits per heavy atom. The Bertz CT molecular complexity index is 693. The van der Waals surface area contributed by atoms with Gasteiger partial charge in [-0.15, -0.1) is 10.2 Å². The molecule has 0 aliphatic rings. The lowest BCUT2D eigenvalue weighted by Crippen LogP contribution is -2.31. The summed E-state index contributed by atoms with van der Waals surface area (Å²) in [7, 11) is 2.96. The van der Waals surface area contributed by atoms with Gasteiger partial charge in [-0.25, -0.2) is 5.84 Å². The number of alkyl halides is 3. The van der Waals surface area contributed by atoms with Gasteiger partial charge in [-0.3, -0.25) is 14.9 Å². The van der Waals surface area contributed by atoms with Crippen LogP contribution in [0.4, 0.5) is 13.2 Å². The van der Waals surface area contributed by atoms with Crippen molar-refractivity contribution in [2.24, 2.45) is 19.9 Å². The van der Waals surface area contributed by atoms with Crippen molar-refractivity contribution in [3.63, 3.8) is 0 Å². The molecule has 0 aliphatic carbocycles. The molecule has 0 fully saturated rings. The van der Waals surface area contributed by atoms with E-state index in [4.69, 9.17) is 5.84 Å². The zero-order chi connectivity index (χ0) is 16.5. The van der Waals surface area contributed by atoms with E-state index < -0.39 is 17.8 Å². The van der Waals surface area contributed by atoms with Crippen molar-refractivity contribution in [3.05, 3.63) is 11.8 Å². The topological polar surface area (TPSA) is 104 Å². The van der Waals surface area contributed by atoms with E-state index in [1.54, 1.807) is 7.05 Å². The standard InChI is InChI=1S/C10H12F3N7OS/c1-19-8(16-17-9(19)22-4-7(21)15-14)5-3-6(10(11,12)13)18-20(5)2/h3H,4,14H2,1-2H3,(H,15,21). The van der Waals surface area contributed by atoms with E-state index in [0.29, 0.717) is 5.16 Å². The molecule has 0 aliphatic heterocycles. The first-order valence-electron chi connectivity index (χ1n) is 5.87. The molecule has 0 unspecified atom stereocenters. The second-order valence-electron chi connectivity index (χ2n) is 4.26. The molecule has 12 heteroatoms. The second-order valence-corrected chi connectivity index (χ2v) is 5.20. The predicted octanol–water partition coefficient (Wildman–Crippen LogP) is 0.316. The number of amides is 1. The van der Waals surface area contributed by atoms with E-state index in [1.165, 1.54) is 11.6 Å². The smallest absolute Gasteiger partial charge is 0.304 e. The van der Waals surface area contributed by atoms with Crippen molar-refractivity contribution in [1.82, 2.24) is 30.0 Å². The highest BCUT2D eigenvalue weighted by atomic mass is 32.2. The lowest BCUT2D eigenvalue weighted by atomic mass is 10.3. The molecule has 1 amide bonds. The van der Waals surface area contributed by atoms with Gasteiger partial charge in [-0.2, -0.15) is 18.3 Å². The minimum atomic E-state index is -4.54. The van der Waals surface area contributed by atoms with Crippen LogP contribution < -0.4 is 11.3 Å². The molecule has 0 atom stereocenters. The van der Waals surface area contributed by atoms with Crippen molar-refractivity contribution in [1.29, 1.82) is 0 Å². The number of halogens is 3. The Hall–Kier alpha value is -2.08. The number of nitrogens with one attached hydrogen (secondary N) is 1. The third-order valence-electron chi connectivity index (χ3n) is 2.73. The van der Waals surface area contributed by atoms with Crippen molar-refractivity contribution >= 4 is 17.7 Å². The van der Waals surface area contributed by atoms with E-state index >= 15 is 0 Å². The zero-order valence-electron chi connectivity index (χ0n) is 11.5. The molecular weight excluding hydrogens is 323 g/mol. The van der Waals surface area contributed by atoms with Crippen molar-refractivity contribution in [2.45, 2.75) is 11.3 Å². The summed E-state index contributed by atoms with van der Waals surface area (Å²) in [5, 5.41) is 11.5. The van der Waals surface area contributed by atoms with Gasteiger partial charge in [0.25, 0.3) is 0 Å². The molecule has 0 aromatic carbocycles. The van der Waals surface area contributed by atoms with E-state index in [0.717, 1.165) is 22.5 Å². The van der Waals surface area contributed by atoms with Crippen LogP contribution >= 0.6 is 11.8 Å². The van der Waals surface area contributed by atoms with Crippen LogP contribution in [0.5, 0.6) is 0 Å². The minimum absolute atomic E-state index is 0.0155. The van der Waals surface area contributed by atoms with E-state index in [-0.39, 0.29) is 17.3 Å². The Balaban J connectivity index is 2.29. The molecule has 2 aromatic rings. The Labute approximate surface area is 126 Å². The lowest BCUT2D eigenvalue weighted by molar-refractivity contribution is -0.141. The highest BCUT2D eigenvalue weighted by Gasteiger charge is 2.35. The average molecular weight is 335 g/mol. The Morgan fingerprint density at radius 2 is 2.09 bits per heavy atom. The van der Waals surface area contributed by atoms with Crippen molar-refractivity contribution in [3.8, 4) is 11.5 Å². The first-order chi connectivity index (χ1) is 10.2. The van der Waals surface area contributed by atoms with Gasteiger partial charge < -0.3 is 4.57 Å². The summed E-state index contributed by atoms with van der Waals surface area (Å²) in [6.45, 7) is 0. The number of rotatable bonds is 4. The number of thioether (sulfide) groups is 1. The van der Waals surface area contributed by atoms with Crippen LogP contribution in [-0.2, 0) is 25.1 Å². The molecule has 2 heterocycles. The Kier molecular flexibility index (Phi) is 4.42. The summed E-state index contributed by atoms with van der Waals surface area (Å²) < 4.78 is 40.6. The molecule has 2 rings (SSSR count). The molecule has 0 saturated carbocycles. The monoisotopic (exact) mass is 335 g/mol. The van der Waals surface area contributed by atoms with Gasteiger partial charge in [0.2, 0.25) is 5.91 Å². The van der Waals surface area contributed by atoms with Gasteiger partial charge in [0, 0.05) is 14.1 Å². The maximum atomic E-state index is 12.7. The van der Waals surface area contributed by atoms with Gasteiger partial charge in [-0.05, 0) is 6.07 Å². The number of hydrogen-bond acceptors (Lipinski definition) is 6. The number of carbonyl (C=O) groups excluding carboxylic acids is 1. The minimum Gasteiger partial charge on any atom is -0.304 e. The molecule has 0 bridgehead atoms. The molecule has 0 radical (unpaired) electrons. The fourth-order valence-electron chi connectivity index (χ4n) is 1.65. The molecule has 8 nitrogen and oxygen atoms in total. The molecule has 120 valence electrons. The fourth-order valence-corrected chi connectivity index (χ4v) is 2.37. The fraction of sp³-hybridized carbons (Fsp3) is 0.400. The summed E-state index contributed by atoms with van der Waals surface area (Å²) in [6.07, 6.45) is -4.54. The molecule has 22 heavy (non-hydrogen) atoms. The third kappa shape index (κ3) is 3.22. The maximum absolute atomic E-state index is 12.7. The van der Waals surface area contributed by atoms with Crippen LogP contribution in [0.2, 0.25) is 0 Å². The average Bonchev–Trinajstić information content (AvgIpc) is 2.99. The normalized spacial score (nSPS) is 11.7. The number of aromatic nitrogens is 5. The number of hydrazine groups is 1. The van der Waals surface area contributed by atoms with E-state index in [2.05, 4.69) is 15.3 Å². The number of hydrogen-bond donors (Lipinski definition) is 2. The summed E-state index contributed by atoms with van der Waals surface area (Å²) in [4.78, 5) is 11.1. The van der Waals surface area contributed by atoms with Gasteiger partial charge in [0.05, 0.1) is 5.75 Å². The van der Waals surface area contributed by atoms with Crippen LogP contribution in [0, 0.1) is 0 Å². The molecule has 0 saturated heterocycles. The van der Waals surface area contributed by atoms with Crippen LogP contribution in [0.3, 0.4) is 0 Å². The first-order valence-corrected chi connectivity index (χ1v) is 6.86. The highest BCUT2D eigenvalue weighted by molar-refractivity contribution is 7.99. The zero-order valence-corrected chi connectivity index (χ0v) is 12.4. The largest absolute Gasteiger partial charge is 0.435 e. The first kappa shape index (κ1) is 16.3. The highest BCUT2D eigenvalue weighted by Crippen LogP contribution is 2.31. The second kappa shape index (κ2) is 5.96. The van der Waals surface area contributed by atoms with E-state index in [1.807, 2.05) is 5.43 Å². The van der Waals surface area contributed by atoms with Gasteiger partial charge >= 0.3 is 6.18 Å². The number of nitrogens with two attached hydrogens (primary N) is 1. The quantitative estimate of drug-likeness (QED) is 0.361. The van der Waals surface area contributed by atoms with Gasteiger partial charge in [0.1, 0.15) is 5.69 Å². The summed E-state index contributed by atoms with van der Waals surface area (Å²) in [5.74, 6) is 4.78. The third-order valence-corrected chi connectivity index (χ3v) is 3.75. The SMILES string of the molecule is Cn1nc(C(F)(F)F)cc1-c1nnc(SCC(=O)NN)n1C. The number of carbonyl (C=O) groups is 1. The van der Waals surface area contributed by atoms with Crippen molar-refractivity contribution < 1.29 is 18.0 Å². The molecule has 2 aromatic heterocycles. The number of aryl methyl sites for hydroxylation is 1. The maximum Gasteiger partial charge on any atom is 0.435 e. The van der Waals surface area contributed by atoms with Crippen LogP contribution in [-0.4, -0.2) is 36.2 Å². The molecular formula is C10H12F3N7OS. The molecule has 0 spiro atoms.